The summed E-state index contributed by atoms with van der Waals surface area (Å²) in [6.07, 6.45) is 4.66. The summed E-state index contributed by atoms with van der Waals surface area (Å²) in [6, 6.07) is 7.42. The average Bonchev–Trinajstić information content (AvgIpc) is 3.09. The molecule has 7 heteroatoms. The molecule has 0 saturated carbocycles. The molecule has 5 aromatic rings. The number of rotatable bonds is 4. The second-order valence-electron chi connectivity index (χ2n) is 9.66. The van der Waals surface area contributed by atoms with E-state index in [-0.39, 0.29) is 5.56 Å². The van der Waals surface area contributed by atoms with Crippen molar-refractivity contribution in [3.8, 4) is 11.5 Å². The van der Waals surface area contributed by atoms with E-state index in [0.717, 1.165) is 33.7 Å². The van der Waals surface area contributed by atoms with Crippen LogP contribution in [0, 0.1) is 19.8 Å². The number of benzene rings is 3. The molecule has 0 spiro atoms. The zero-order valence-corrected chi connectivity index (χ0v) is 21.5. The molecule has 5 nitrogen and oxygen atoms in total. The van der Waals surface area contributed by atoms with Gasteiger partial charge in [-0.3, -0.25) is 9.20 Å². The first kappa shape index (κ1) is 22.7. The van der Waals surface area contributed by atoms with Crippen LogP contribution in [0.3, 0.4) is 0 Å². The summed E-state index contributed by atoms with van der Waals surface area (Å²) in [5.41, 5.74) is 3.60. The fourth-order valence-corrected chi connectivity index (χ4v) is 5.81. The third-order valence-electron chi connectivity index (χ3n) is 7.36. The molecular formula is C28H26Cl2N2O3. The van der Waals surface area contributed by atoms with Gasteiger partial charge in [-0.25, -0.2) is 4.98 Å². The van der Waals surface area contributed by atoms with Gasteiger partial charge in [0.25, 0.3) is 5.56 Å². The SMILES string of the molecule is CCCCCC1COc2cc3nc4c5cc(Cl)c(C)c6c(C)c(Cl)cc(c(=O)n4c3cc2OC1)c65. The standard InChI is InChI=1S/C28H26Cl2N2O3/c1-4-5-6-7-16-12-34-23-10-21-22(11-24(23)35-13-16)32-27(31-21)17-8-19(29)14(2)25-15(3)20(30)9-18(26(17)25)28(32)33/h8-11,16H,4-7,12-13H2,1-3H3. The molecule has 35 heavy (non-hydrogen) atoms. The molecule has 180 valence electrons. The predicted octanol–water partition coefficient (Wildman–Crippen LogP) is 7.48. The summed E-state index contributed by atoms with van der Waals surface area (Å²) in [5, 5.41) is 4.32. The van der Waals surface area contributed by atoms with Gasteiger partial charge in [0.15, 0.2) is 11.5 Å². The maximum atomic E-state index is 13.8. The highest BCUT2D eigenvalue weighted by Crippen LogP contribution is 2.41. The van der Waals surface area contributed by atoms with Crippen LogP contribution in [0.5, 0.6) is 11.5 Å². The van der Waals surface area contributed by atoms with Crippen molar-refractivity contribution in [3.05, 3.63) is 55.8 Å². The molecule has 3 heterocycles. The van der Waals surface area contributed by atoms with Crippen LogP contribution in [0.2, 0.25) is 10.0 Å². The number of aryl methyl sites for hydroxylation is 2. The van der Waals surface area contributed by atoms with E-state index in [2.05, 4.69) is 6.92 Å². The maximum Gasteiger partial charge on any atom is 0.264 e. The normalized spacial score (nSPS) is 16.1. The molecular weight excluding hydrogens is 483 g/mol. The van der Waals surface area contributed by atoms with Gasteiger partial charge in [-0.05, 0) is 48.9 Å². The van der Waals surface area contributed by atoms with Crippen LogP contribution in [-0.4, -0.2) is 22.6 Å². The predicted molar refractivity (Wildman–Crippen MR) is 143 cm³/mol. The van der Waals surface area contributed by atoms with Crippen molar-refractivity contribution in [2.45, 2.75) is 46.5 Å². The van der Waals surface area contributed by atoms with Gasteiger partial charge in [0.05, 0.1) is 29.6 Å². The lowest BCUT2D eigenvalue weighted by Gasteiger charge is -2.14. The van der Waals surface area contributed by atoms with Crippen LogP contribution in [0.15, 0.2) is 29.1 Å². The maximum absolute atomic E-state index is 13.8. The van der Waals surface area contributed by atoms with Crippen molar-refractivity contribution in [2.75, 3.05) is 13.2 Å². The summed E-state index contributed by atoms with van der Waals surface area (Å²) in [5.74, 6) is 1.66. The highest BCUT2D eigenvalue weighted by molar-refractivity contribution is 6.37. The van der Waals surface area contributed by atoms with Crippen molar-refractivity contribution < 1.29 is 9.47 Å². The lowest BCUT2D eigenvalue weighted by atomic mass is 9.95. The van der Waals surface area contributed by atoms with Gasteiger partial charge in [-0.1, -0.05) is 49.4 Å². The van der Waals surface area contributed by atoms with Gasteiger partial charge in [-0.2, -0.15) is 0 Å². The zero-order chi connectivity index (χ0) is 24.4. The highest BCUT2D eigenvalue weighted by atomic mass is 35.5. The molecule has 0 aliphatic carbocycles. The average molecular weight is 509 g/mol. The Morgan fingerprint density at radius 2 is 1.60 bits per heavy atom. The molecule has 1 atom stereocenters. The molecule has 6 rings (SSSR count). The molecule has 0 radical (unpaired) electrons. The van der Waals surface area contributed by atoms with Crippen molar-refractivity contribution in [2.24, 2.45) is 5.92 Å². The molecule has 2 aromatic heterocycles. The van der Waals surface area contributed by atoms with Gasteiger partial charge in [-0.15, -0.1) is 0 Å². The molecule has 0 amide bonds. The van der Waals surface area contributed by atoms with Crippen LogP contribution in [0.4, 0.5) is 0 Å². The van der Waals surface area contributed by atoms with E-state index in [1.165, 1.54) is 19.3 Å². The first-order chi connectivity index (χ1) is 16.9. The number of pyridine rings is 1. The topological polar surface area (TPSA) is 52.8 Å². The van der Waals surface area contributed by atoms with Gasteiger partial charge < -0.3 is 9.47 Å². The number of nitrogens with zero attached hydrogens (tertiary/aromatic N) is 2. The highest BCUT2D eigenvalue weighted by Gasteiger charge is 2.24. The molecule has 0 saturated heterocycles. The number of halogens is 2. The van der Waals surface area contributed by atoms with E-state index in [9.17, 15) is 4.79 Å². The van der Waals surface area contributed by atoms with E-state index in [1.54, 1.807) is 10.5 Å². The number of ether oxygens (including phenoxy) is 2. The monoisotopic (exact) mass is 508 g/mol. The Kier molecular flexibility index (Phi) is 5.46. The minimum absolute atomic E-state index is 0.157. The number of imidazole rings is 1. The van der Waals surface area contributed by atoms with Crippen LogP contribution in [0.25, 0.3) is 38.2 Å². The first-order valence-electron chi connectivity index (χ1n) is 12.2. The summed E-state index contributed by atoms with van der Waals surface area (Å²) >= 11 is 13.2. The van der Waals surface area contributed by atoms with Gasteiger partial charge in [0, 0.05) is 38.9 Å². The molecule has 1 aliphatic heterocycles. The smallest absolute Gasteiger partial charge is 0.264 e. The molecule has 1 unspecified atom stereocenters. The van der Waals surface area contributed by atoms with Crippen LogP contribution in [0.1, 0.15) is 43.7 Å². The van der Waals surface area contributed by atoms with Crippen molar-refractivity contribution in [1.82, 2.24) is 9.38 Å². The van der Waals surface area contributed by atoms with E-state index < -0.39 is 0 Å². The first-order valence-corrected chi connectivity index (χ1v) is 12.9. The van der Waals surface area contributed by atoms with Gasteiger partial charge >= 0.3 is 0 Å². The molecule has 0 N–H and O–H groups in total. The second kappa shape index (κ2) is 8.42. The summed E-state index contributed by atoms with van der Waals surface area (Å²) in [6.45, 7) is 7.34. The molecule has 1 aliphatic rings. The van der Waals surface area contributed by atoms with Crippen molar-refractivity contribution in [3.63, 3.8) is 0 Å². The Labute approximate surface area is 212 Å². The Morgan fingerprint density at radius 3 is 2.29 bits per heavy atom. The largest absolute Gasteiger partial charge is 0.489 e. The van der Waals surface area contributed by atoms with Crippen LogP contribution in [-0.2, 0) is 0 Å². The fourth-order valence-electron chi connectivity index (χ4n) is 5.40. The van der Waals surface area contributed by atoms with Crippen LogP contribution < -0.4 is 15.0 Å². The molecule has 3 aromatic carbocycles. The van der Waals surface area contributed by atoms with Crippen molar-refractivity contribution >= 4 is 61.4 Å². The fraction of sp³-hybridized carbons (Fsp3) is 0.357. The minimum atomic E-state index is -0.157. The lowest BCUT2D eigenvalue weighted by Crippen LogP contribution is -2.16. The minimum Gasteiger partial charge on any atom is -0.489 e. The van der Waals surface area contributed by atoms with E-state index >= 15 is 0 Å². The number of aromatic nitrogens is 2. The number of unbranched alkanes of at least 4 members (excludes halogenated alkanes) is 2. The van der Waals surface area contributed by atoms with E-state index in [4.69, 9.17) is 37.7 Å². The third-order valence-corrected chi connectivity index (χ3v) is 8.14. The Bertz CT molecular complexity index is 1680. The summed E-state index contributed by atoms with van der Waals surface area (Å²) in [4.78, 5) is 18.7. The van der Waals surface area contributed by atoms with Crippen LogP contribution >= 0.6 is 23.2 Å². The van der Waals surface area contributed by atoms with Crippen molar-refractivity contribution in [1.29, 1.82) is 0 Å². The zero-order valence-electron chi connectivity index (χ0n) is 20.0. The number of hydrogen-bond donors (Lipinski definition) is 0. The number of hydrogen-bond acceptors (Lipinski definition) is 4. The third kappa shape index (κ3) is 3.43. The lowest BCUT2D eigenvalue weighted by molar-refractivity contribution is 0.202. The second-order valence-corrected chi connectivity index (χ2v) is 10.5. The quantitative estimate of drug-likeness (QED) is 0.236. The van der Waals surface area contributed by atoms with Gasteiger partial charge in [0.2, 0.25) is 0 Å². The number of fused-ring (bicyclic) bond motifs is 5. The van der Waals surface area contributed by atoms with Gasteiger partial charge in [0.1, 0.15) is 5.65 Å². The Morgan fingerprint density at radius 1 is 0.943 bits per heavy atom. The Hall–Kier alpha value is -2.76. The van der Waals surface area contributed by atoms with E-state index in [1.807, 2.05) is 32.0 Å². The molecule has 0 bridgehead atoms. The Balaban J connectivity index is 1.59. The molecule has 0 fully saturated rings. The summed E-state index contributed by atoms with van der Waals surface area (Å²) in [7, 11) is 0. The van der Waals surface area contributed by atoms with E-state index in [0.29, 0.717) is 62.7 Å². The summed E-state index contributed by atoms with van der Waals surface area (Å²) < 4.78 is 14.0.